The molecule has 0 aliphatic carbocycles. The largest absolute Gasteiger partial charge is 0.573 e. The molecular weight excluding hydrogens is 279 g/mol. The van der Waals surface area contributed by atoms with Crippen LogP contribution in [0.4, 0.5) is 19.1 Å². The van der Waals surface area contributed by atoms with Gasteiger partial charge in [0.05, 0.1) is 6.20 Å². The number of rotatable bonds is 3. The highest BCUT2D eigenvalue weighted by Crippen LogP contribution is 2.26. The minimum atomic E-state index is -4.76. The lowest BCUT2D eigenvalue weighted by atomic mass is 10.3. The quantitative estimate of drug-likeness (QED) is 0.901. The van der Waals surface area contributed by atoms with Crippen molar-refractivity contribution < 1.29 is 22.6 Å². The molecule has 0 fully saturated rings. The van der Waals surface area contributed by atoms with E-state index in [0.717, 1.165) is 18.3 Å². The normalized spacial score (nSPS) is 11.2. The molecule has 0 saturated carbocycles. The van der Waals surface area contributed by atoms with Crippen LogP contribution >= 0.6 is 0 Å². The minimum Gasteiger partial charge on any atom is -0.450 e. The number of aromatic nitrogens is 2. The first-order chi connectivity index (χ1) is 9.33. The topological polar surface area (TPSA) is 90.2 Å². The Morgan fingerprint density at radius 3 is 2.30 bits per heavy atom. The summed E-state index contributed by atoms with van der Waals surface area (Å²) < 4.78 is 44.7. The summed E-state index contributed by atoms with van der Waals surface area (Å²) >= 11 is 0. The smallest absolute Gasteiger partial charge is 0.450 e. The van der Waals surface area contributed by atoms with Crippen molar-refractivity contribution in [1.82, 2.24) is 9.97 Å². The first kappa shape index (κ1) is 13.7. The van der Waals surface area contributed by atoms with E-state index in [9.17, 15) is 18.0 Å². The van der Waals surface area contributed by atoms with Crippen molar-refractivity contribution in [3.63, 3.8) is 0 Å². The van der Waals surface area contributed by atoms with Crippen LogP contribution in [0.1, 0.15) is 0 Å². The van der Waals surface area contributed by atoms with Gasteiger partial charge in [0.1, 0.15) is 11.5 Å². The molecule has 0 bridgehead atoms. The molecule has 6 nitrogen and oxygen atoms in total. The van der Waals surface area contributed by atoms with Crippen molar-refractivity contribution in [2.24, 2.45) is 0 Å². The van der Waals surface area contributed by atoms with Crippen molar-refractivity contribution in [1.29, 1.82) is 0 Å². The van der Waals surface area contributed by atoms with Crippen LogP contribution in [0.2, 0.25) is 0 Å². The maximum absolute atomic E-state index is 12.0. The summed E-state index contributed by atoms with van der Waals surface area (Å²) in [7, 11) is 0. The molecule has 2 rings (SSSR count). The monoisotopic (exact) mass is 287 g/mol. The van der Waals surface area contributed by atoms with Crippen molar-refractivity contribution in [3.8, 4) is 17.2 Å². The van der Waals surface area contributed by atoms with Crippen molar-refractivity contribution >= 4 is 5.95 Å². The Kier molecular flexibility index (Phi) is 3.51. The number of alkyl halides is 3. The molecule has 20 heavy (non-hydrogen) atoms. The van der Waals surface area contributed by atoms with Crippen LogP contribution in [0.15, 0.2) is 35.3 Å². The fraction of sp³-hybridized carbons (Fsp3) is 0.0909. The van der Waals surface area contributed by atoms with E-state index in [4.69, 9.17) is 10.5 Å². The third-order valence-electron chi connectivity index (χ3n) is 2.07. The van der Waals surface area contributed by atoms with Gasteiger partial charge in [0.2, 0.25) is 5.75 Å². The average Bonchev–Trinajstić information content (AvgIpc) is 2.33. The zero-order valence-corrected chi connectivity index (χ0v) is 9.77. The van der Waals surface area contributed by atoms with Crippen LogP contribution < -0.4 is 20.8 Å². The molecule has 0 spiro atoms. The number of halogens is 3. The fourth-order valence-electron chi connectivity index (χ4n) is 1.31. The molecule has 9 heteroatoms. The van der Waals surface area contributed by atoms with Crippen LogP contribution in [-0.4, -0.2) is 16.3 Å². The molecule has 2 aromatic rings. The summed E-state index contributed by atoms with van der Waals surface area (Å²) in [5.74, 6) is -0.453. The highest BCUT2D eigenvalue weighted by Gasteiger charge is 2.30. The summed E-state index contributed by atoms with van der Waals surface area (Å²) in [6.07, 6.45) is -3.66. The van der Waals surface area contributed by atoms with E-state index >= 15 is 0 Å². The molecular formula is C11H8F3N3O3. The predicted molar refractivity (Wildman–Crippen MR) is 62.5 cm³/mol. The summed E-state index contributed by atoms with van der Waals surface area (Å²) in [4.78, 5) is 17.3. The van der Waals surface area contributed by atoms with Gasteiger partial charge in [-0.3, -0.25) is 9.78 Å². The molecule has 0 amide bonds. The Morgan fingerprint density at radius 2 is 1.75 bits per heavy atom. The van der Waals surface area contributed by atoms with Crippen LogP contribution in [0.25, 0.3) is 0 Å². The third kappa shape index (κ3) is 3.64. The lowest BCUT2D eigenvalue weighted by molar-refractivity contribution is -0.274. The minimum absolute atomic E-state index is 0.0729. The highest BCUT2D eigenvalue weighted by molar-refractivity contribution is 5.34. The van der Waals surface area contributed by atoms with Gasteiger partial charge in [0.25, 0.3) is 5.56 Å². The van der Waals surface area contributed by atoms with Crippen molar-refractivity contribution in [2.45, 2.75) is 6.36 Å². The SMILES string of the molecule is Nc1ncc(Oc2ccc(OC(F)(F)F)cc2)c(=O)[nH]1. The number of hydrogen-bond acceptors (Lipinski definition) is 5. The van der Waals surface area contributed by atoms with E-state index in [0.29, 0.717) is 0 Å². The lowest BCUT2D eigenvalue weighted by Gasteiger charge is -2.09. The number of hydrogen-bond donors (Lipinski definition) is 2. The Hall–Kier alpha value is -2.71. The Morgan fingerprint density at radius 1 is 1.15 bits per heavy atom. The number of ether oxygens (including phenoxy) is 2. The van der Waals surface area contributed by atoms with Crippen molar-refractivity contribution in [2.75, 3.05) is 5.73 Å². The van der Waals surface area contributed by atoms with Crippen LogP contribution in [0, 0.1) is 0 Å². The molecule has 0 radical (unpaired) electrons. The number of nitrogen functional groups attached to an aromatic ring is 1. The van der Waals surface area contributed by atoms with Crippen LogP contribution in [-0.2, 0) is 0 Å². The zero-order valence-electron chi connectivity index (χ0n) is 9.77. The second-order valence-corrected chi connectivity index (χ2v) is 3.58. The van der Waals surface area contributed by atoms with Gasteiger partial charge in [-0.2, -0.15) is 0 Å². The molecule has 0 unspecified atom stereocenters. The first-order valence-electron chi connectivity index (χ1n) is 5.22. The van der Waals surface area contributed by atoms with Gasteiger partial charge in [-0.15, -0.1) is 13.2 Å². The average molecular weight is 287 g/mol. The zero-order chi connectivity index (χ0) is 14.8. The van der Waals surface area contributed by atoms with Gasteiger partial charge in [-0.1, -0.05) is 0 Å². The summed E-state index contributed by atoms with van der Waals surface area (Å²) in [6, 6.07) is 4.55. The number of nitrogens with zero attached hydrogens (tertiary/aromatic N) is 1. The molecule has 3 N–H and O–H groups in total. The van der Waals surface area contributed by atoms with Gasteiger partial charge >= 0.3 is 6.36 Å². The standard InChI is InChI=1S/C11H8F3N3O3/c12-11(13,14)20-7-3-1-6(2-4-7)19-8-5-16-10(15)17-9(8)18/h1-5H,(H3,15,16,17,18). The van der Waals surface area contributed by atoms with E-state index in [2.05, 4.69) is 14.7 Å². The van der Waals surface area contributed by atoms with Gasteiger partial charge < -0.3 is 15.2 Å². The van der Waals surface area contributed by atoms with Gasteiger partial charge in [-0.05, 0) is 24.3 Å². The van der Waals surface area contributed by atoms with E-state index in [1.807, 2.05) is 0 Å². The molecule has 1 aromatic heterocycles. The Bertz CT molecular complexity index is 652. The van der Waals surface area contributed by atoms with Gasteiger partial charge in [-0.25, -0.2) is 4.98 Å². The number of nitrogens with one attached hydrogen (secondary N) is 1. The molecule has 0 aliphatic heterocycles. The molecule has 0 aliphatic rings. The summed E-state index contributed by atoms with van der Waals surface area (Å²) in [5, 5.41) is 0. The van der Waals surface area contributed by atoms with Crippen LogP contribution in [0.5, 0.6) is 17.2 Å². The first-order valence-corrected chi connectivity index (χ1v) is 5.22. The summed E-state index contributed by atoms with van der Waals surface area (Å²) in [5.41, 5.74) is 4.65. The van der Waals surface area contributed by atoms with E-state index < -0.39 is 17.7 Å². The van der Waals surface area contributed by atoms with Gasteiger partial charge in [0.15, 0.2) is 5.95 Å². The van der Waals surface area contributed by atoms with E-state index in [1.54, 1.807) is 0 Å². The molecule has 106 valence electrons. The number of anilines is 1. The van der Waals surface area contributed by atoms with Crippen molar-refractivity contribution in [3.05, 3.63) is 40.8 Å². The maximum Gasteiger partial charge on any atom is 0.573 e. The van der Waals surface area contributed by atoms with Gasteiger partial charge in [0, 0.05) is 0 Å². The van der Waals surface area contributed by atoms with E-state index in [-0.39, 0.29) is 17.4 Å². The Balaban J connectivity index is 2.13. The fourth-order valence-corrected chi connectivity index (χ4v) is 1.31. The molecule has 1 aromatic carbocycles. The number of benzene rings is 1. The number of nitrogens with two attached hydrogens (primary N) is 1. The maximum atomic E-state index is 12.0. The number of H-pyrrole nitrogens is 1. The molecule has 0 saturated heterocycles. The summed E-state index contributed by atoms with van der Waals surface area (Å²) in [6.45, 7) is 0. The second-order valence-electron chi connectivity index (χ2n) is 3.58. The highest BCUT2D eigenvalue weighted by atomic mass is 19.4. The van der Waals surface area contributed by atoms with Crippen LogP contribution in [0.3, 0.4) is 0 Å². The number of aromatic amines is 1. The van der Waals surface area contributed by atoms with E-state index in [1.165, 1.54) is 12.1 Å². The molecule has 1 heterocycles. The molecule has 0 atom stereocenters. The second kappa shape index (κ2) is 5.11. The lowest BCUT2D eigenvalue weighted by Crippen LogP contribution is -2.17. The third-order valence-corrected chi connectivity index (χ3v) is 2.07. The predicted octanol–water partition coefficient (Wildman–Crippen LogP) is 2.04. The Labute approximate surface area is 110 Å².